The van der Waals surface area contributed by atoms with Crippen LogP contribution in [0.15, 0.2) is 0 Å². The first kappa shape index (κ1) is 15.9. The summed E-state index contributed by atoms with van der Waals surface area (Å²) in [6, 6.07) is -0.287. The van der Waals surface area contributed by atoms with E-state index in [0.29, 0.717) is 13.1 Å². The van der Waals surface area contributed by atoms with Gasteiger partial charge >= 0.3 is 6.03 Å². The monoisotopic (exact) mass is 243 g/mol. The van der Waals surface area contributed by atoms with Gasteiger partial charge in [0.1, 0.15) is 0 Å². The average Bonchev–Trinajstić information content (AvgIpc) is 2.24. The second-order valence-corrected chi connectivity index (χ2v) is 4.63. The summed E-state index contributed by atoms with van der Waals surface area (Å²) < 4.78 is 0. The summed E-state index contributed by atoms with van der Waals surface area (Å²) in [7, 11) is 3.98. The third-order valence-electron chi connectivity index (χ3n) is 2.38. The second-order valence-electron chi connectivity index (χ2n) is 4.63. The van der Waals surface area contributed by atoms with Gasteiger partial charge in [0.05, 0.1) is 0 Å². The Labute approximate surface area is 104 Å². The Hall–Kier alpha value is -1.10. The molecular weight excluding hydrogens is 218 g/mol. The lowest BCUT2D eigenvalue weighted by molar-refractivity contribution is -0.131. The van der Waals surface area contributed by atoms with E-state index in [2.05, 4.69) is 10.2 Å². The van der Waals surface area contributed by atoms with E-state index < -0.39 is 0 Å². The molecule has 0 aliphatic heterocycles. The number of nitrogens with one attached hydrogen (secondary N) is 1. The predicted molar refractivity (Wildman–Crippen MR) is 68.8 cm³/mol. The molecule has 5 nitrogen and oxygen atoms in total. The molecule has 0 saturated heterocycles. The topological polar surface area (TPSA) is 52.7 Å². The third kappa shape index (κ3) is 6.26. The van der Waals surface area contributed by atoms with Gasteiger partial charge < -0.3 is 10.2 Å². The number of carbonyl (C=O) groups excluding carboxylic acids is 2. The number of amides is 3. The van der Waals surface area contributed by atoms with Crippen LogP contribution in [0.2, 0.25) is 0 Å². The number of hydrogen-bond acceptors (Lipinski definition) is 3. The van der Waals surface area contributed by atoms with Crippen LogP contribution >= 0.6 is 0 Å². The summed E-state index contributed by atoms with van der Waals surface area (Å²) in [6.07, 6.45) is 0.881. The lowest BCUT2D eigenvalue weighted by Crippen LogP contribution is -2.45. The van der Waals surface area contributed by atoms with Gasteiger partial charge in [-0.1, -0.05) is 13.8 Å². The zero-order valence-corrected chi connectivity index (χ0v) is 11.6. The number of hydrogen-bond donors (Lipinski definition) is 1. The maximum absolute atomic E-state index is 11.7. The number of urea groups is 1. The Kier molecular flexibility index (Phi) is 7.54. The molecule has 0 aromatic carbocycles. The minimum atomic E-state index is -0.287. The molecule has 1 N–H and O–H groups in total. The molecule has 0 heterocycles. The van der Waals surface area contributed by atoms with Gasteiger partial charge in [0, 0.05) is 19.0 Å². The van der Waals surface area contributed by atoms with Crippen molar-refractivity contribution in [2.45, 2.75) is 27.2 Å². The van der Waals surface area contributed by atoms with Crippen LogP contribution in [0.4, 0.5) is 4.79 Å². The van der Waals surface area contributed by atoms with Crippen LogP contribution in [0.3, 0.4) is 0 Å². The summed E-state index contributed by atoms with van der Waals surface area (Å²) in [6.45, 7) is 7.33. The second kappa shape index (κ2) is 8.06. The van der Waals surface area contributed by atoms with E-state index in [-0.39, 0.29) is 17.9 Å². The Morgan fingerprint density at radius 3 is 2.24 bits per heavy atom. The van der Waals surface area contributed by atoms with Crippen LogP contribution in [0.1, 0.15) is 27.2 Å². The van der Waals surface area contributed by atoms with E-state index in [1.165, 1.54) is 4.90 Å². The van der Waals surface area contributed by atoms with E-state index in [9.17, 15) is 9.59 Å². The van der Waals surface area contributed by atoms with Crippen molar-refractivity contribution in [3.05, 3.63) is 0 Å². The molecule has 0 rings (SSSR count). The van der Waals surface area contributed by atoms with Gasteiger partial charge in [-0.15, -0.1) is 0 Å². The maximum atomic E-state index is 11.7. The number of imide groups is 1. The fourth-order valence-corrected chi connectivity index (χ4v) is 1.40. The minimum absolute atomic E-state index is 0.127. The van der Waals surface area contributed by atoms with Crippen molar-refractivity contribution >= 4 is 11.9 Å². The molecule has 0 aromatic heterocycles. The van der Waals surface area contributed by atoms with Crippen molar-refractivity contribution in [2.24, 2.45) is 5.92 Å². The third-order valence-corrected chi connectivity index (χ3v) is 2.38. The van der Waals surface area contributed by atoms with Crippen LogP contribution in [-0.2, 0) is 4.79 Å². The Morgan fingerprint density at radius 2 is 1.82 bits per heavy atom. The molecule has 3 amide bonds. The highest BCUT2D eigenvalue weighted by Crippen LogP contribution is 2.01. The van der Waals surface area contributed by atoms with Crippen LogP contribution in [0, 0.1) is 5.92 Å². The lowest BCUT2D eigenvalue weighted by Gasteiger charge is -2.21. The van der Waals surface area contributed by atoms with Crippen LogP contribution in [0.25, 0.3) is 0 Å². The highest BCUT2D eigenvalue weighted by Gasteiger charge is 2.21. The number of carbonyl (C=O) groups is 2. The van der Waals surface area contributed by atoms with Crippen molar-refractivity contribution in [1.82, 2.24) is 15.1 Å². The zero-order valence-electron chi connectivity index (χ0n) is 11.6. The summed E-state index contributed by atoms with van der Waals surface area (Å²) >= 11 is 0. The van der Waals surface area contributed by atoms with Crippen molar-refractivity contribution in [1.29, 1.82) is 0 Å². The van der Waals surface area contributed by atoms with E-state index in [1.54, 1.807) is 20.8 Å². The molecule has 0 unspecified atom stereocenters. The minimum Gasteiger partial charge on any atom is -0.338 e. The van der Waals surface area contributed by atoms with Gasteiger partial charge in [0.2, 0.25) is 5.91 Å². The van der Waals surface area contributed by atoms with E-state index in [1.807, 2.05) is 14.1 Å². The first-order chi connectivity index (χ1) is 7.90. The van der Waals surface area contributed by atoms with Crippen molar-refractivity contribution in [3.63, 3.8) is 0 Å². The maximum Gasteiger partial charge on any atom is 0.324 e. The van der Waals surface area contributed by atoms with Crippen LogP contribution in [-0.4, -0.2) is 55.5 Å². The quantitative estimate of drug-likeness (QED) is 0.712. The molecular formula is C12H25N3O2. The highest BCUT2D eigenvalue weighted by molar-refractivity contribution is 5.95. The van der Waals surface area contributed by atoms with Gasteiger partial charge in [-0.2, -0.15) is 0 Å². The van der Waals surface area contributed by atoms with E-state index in [0.717, 1.165) is 13.0 Å². The summed E-state index contributed by atoms with van der Waals surface area (Å²) in [5, 5.41) is 2.76. The van der Waals surface area contributed by atoms with Crippen molar-refractivity contribution in [3.8, 4) is 0 Å². The van der Waals surface area contributed by atoms with Gasteiger partial charge in [-0.3, -0.25) is 9.69 Å². The average molecular weight is 243 g/mol. The van der Waals surface area contributed by atoms with Gasteiger partial charge in [0.25, 0.3) is 0 Å². The molecule has 0 aromatic rings. The van der Waals surface area contributed by atoms with Crippen molar-refractivity contribution in [2.75, 3.05) is 33.7 Å². The van der Waals surface area contributed by atoms with Gasteiger partial charge in [-0.05, 0) is 34.0 Å². The fourth-order valence-electron chi connectivity index (χ4n) is 1.40. The largest absolute Gasteiger partial charge is 0.338 e. The zero-order chi connectivity index (χ0) is 13.4. The first-order valence-corrected chi connectivity index (χ1v) is 6.14. The molecule has 0 aliphatic rings. The molecule has 0 bridgehead atoms. The molecule has 0 aliphatic carbocycles. The standard InChI is InChI=1S/C12H25N3O2/c1-6-15(11(16)10(2)3)12(17)13-8-7-9-14(4)5/h10H,6-9H2,1-5H3,(H,13,17). The Bertz CT molecular complexity index is 252. The summed E-state index contributed by atoms with van der Waals surface area (Å²) in [4.78, 5) is 26.8. The lowest BCUT2D eigenvalue weighted by atomic mass is 10.2. The van der Waals surface area contributed by atoms with Crippen LogP contribution in [0.5, 0.6) is 0 Å². The Morgan fingerprint density at radius 1 is 1.24 bits per heavy atom. The summed E-state index contributed by atoms with van der Waals surface area (Å²) in [5.41, 5.74) is 0. The molecule has 0 atom stereocenters. The number of rotatable bonds is 6. The molecule has 5 heteroatoms. The van der Waals surface area contributed by atoms with Crippen molar-refractivity contribution < 1.29 is 9.59 Å². The molecule has 17 heavy (non-hydrogen) atoms. The molecule has 0 radical (unpaired) electrons. The van der Waals surface area contributed by atoms with Gasteiger partial charge in [0.15, 0.2) is 0 Å². The predicted octanol–water partition coefficient (Wildman–Crippen LogP) is 1.15. The fraction of sp³-hybridized carbons (Fsp3) is 0.833. The van der Waals surface area contributed by atoms with E-state index in [4.69, 9.17) is 0 Å². The first-order valence-electron chi connectivity index (χ1n) is 6.14. The molecule has 0 fully saturated rings. The van der Waals surface area contributed by atoms with Crippen LogP contribution < -0.4 is 5.32 Å². The normalized spacial score (nSPS) is 10.8. The SMILES string of the molecule is CCN(C(=O)NCCCN(C)C)C(=O)C(C)C. The van der Waals surface area contributed by atoms with Gasteiger partial charge in [-0.25, -0.2) is 4.79 Å². The molecule has 0 spiro atoms. The molecule has 0 saturated carbocycles. The summed E-state index contributed by atoms with van der Waals surface area (Å²) in [5.74, 6) is -0.278. The smallest absolute Gasteiger partial charge is 0.324 e. The highest BCUT2D eigenvalue weighted by atomic mass is 16.2. The number of nitrogens with zero attached hydrogens (tertiary/aromatic N) is 2. The molecule has 100 valence electrons. The Balaban J connectivity index is 4.05. The van der Waals surface area contributed by atoms with E-state index >= 15 is 0 Å².